The summed E-state index contributed by atoms with van der Waals surface area (Å²) < 4.78 is 17.5. The van der Waals surface area contributed by atoms with E-state index < -0.39 is 23.6 Å². The maximum Gasteiger partial charge on any atom is 0.294 e. The first-order valence-electron chi connectivity index (χ1n) is 12.1. The number of benzene rings is 3. The van der Waals surface area contributed by atoms with Crippen LogP contribution in [0.1, 0.15) is 23.6 Å². The summed E-state index contributed by atoms with van der Waals surface area (Å²) in [6.45, 7) is 4.40. The van der Waals surface area contributed by atoms with Crippen molar-refractivity contribution >= 4 is 56.5 Å². The number of methoxy groups -OCH3 is 1. The summed E-state index contributed by atoms with van der Waals surface area (Å²) in [7, 11) is 1.53. The lowest BCUT2D eigenvalue weighted by Gasteiger charge is -2.14. The zero-order valence-corrected chi connectivity index (χ0v) is 24.1. The molecule has 0 bridgehead atoms. The summed E-state index contributed by atoms with van der Waals surface area (Å²) in [4.78, 5) is 39.2. The van der Waals surface area contributed by atoms with Crippen molar-refractivity contribution in [2.45, 2.75) is 20.5 Å². The van der Waals surface area contributed by atoms with Crippen LogP contribution in [0.5, 0.6) is 17.2 Å². The molecule has 10 heteroatoms. The molecule has 1 N–H and O–H groups in total. The Bertz CT molecular complexity index is 1410. The van der Waals surface area contributed by atoms with Crippen LogP contribution in [0.25, 0.3) is 6.08 Å². The van der Waals surface area contributed by atoms with Gasteiger partial charge in [0.25, 0.3) is 11.1 Å². The number of halogens is 1. The Balaban J connectivity index is 1.43. The van der Waals surface area contributed by atoms with E-state index in [-0.39, 0.29) is 4.91 Å². The Hall–Kier alpha value is -3.76. The summed E-state index contributed by atoms with van der Waals surface area (Å²) in [6, 6.07) is 18.4. The molecule has 0 aliphatic carbocycles. The molecule has 1 aliphatic rings. The Morgan fingerprint density at radius 2 is 1.77 bits per heavy atom. The first kappa shape index (κ1) is 28.3. The maximum atomic E-state index is 13.0. The second kappa shape index (κ2) is 12.9. The second-order valence-corrected chi connectivity index (χ2v) is 10.4. The third kappa shape index (κ3) is 7.21. The van der Waals surface area contributed by atoms with Crippen molar-refractivity contribution < 1.29 is 28.6 Å². The highest BCUT2D eigenvalue weighted by molar-refractivity contribution is 9.10. The molecule has 1 aliphatic heterocycles. The summed E-state index contributed by atoms with van der Waals surface area (Å²) in [5, 5.41) is 2.18. The molecule has 202 valence electrons. The van der Waals surface area contributed by atoms with Crippen LogP contribution in [0, 0.1) is 6.92 Å². The van der Waals surface area contributed by atoms with Crippen molar-refractivity contribution in [3.63, 3.8) is 0 Å². The van der Waals surface area contributed by atoms with Crippen LogP contribution < -0.4 is 19.5 Å². The molecule has 4 rings (SSSR count). The van der Waals surface area contributed by atoms with Gasteiger partial charge in [0.1, 0.15) is 18.9 Å². The molecule has 1 fully saturated rings. The van der Waals surface area contributed by atoms with Crippen molar-refractivity contribution in [3.8, 4) is 17.2 Å². The van der Waals surface area contributed by atoms with E-state index in [1.165, 1.54) is 12.7 Å². The Labute approximate surface area is 239 Å². The van der Waals surface area contributed by atoms with Crippen molar-refractivity contribution in [1.29, 1.82) is 0 Å². The largest absolute Gasteiger partial charge is 0.494 e. The normalized spacial score (nSPS) is 14.1. The minimum atomic E-state index is -0.540. The van der Waals surface area contributed by atoms with Gasteiger partial charge in [-0.25, -0.2) is 0 Å². The van der Waals surface area contributed by atoms with Crippen LogP contribution in [0.15, 0.2) is 70.0 Å². The lowest BCUT2D eigenvalue weighted by atomic mass is 10.1. The fourth-order valence-corrected chi connectivity index (χ4v) is 5.15. The standard InChI is InChI=1S/C29H27BrN2O6S/c1-4-37-22-11-9-21(10-12-22)31-26(33)16-32-28(34)25(39-29(32)35)15-20-13-23(30)27(24(14-20)36-3)38-17-19-7-5-18(2)6-8-19/h5-15H,4,16-17H2,1-3H3,(H,31,33)/b25-15+. The lowest BCUT2D eigenvalue weighted by Crippen LogP contribution is -2.36. The highest BCUT2D eigenvalue weighted by Gasteiger charge is 2.36. The molecule has 0 radical (unpaired) electrons. The van der Waals surface area contributed by atoms with Gasteiger partial charge in [0.2, 0.25) is 5.91 Å². The Morgan fingerprint density at radius 1 is 1.05 bits per heavy atom. The van der Waals surface area contributed by atoms with Gasteiger partial charge in [-0.05, 0) is 95.1 Å². The van der Waals surface area contributed by atoms with Gasteiger partial charge in [-0.15, -0.1) is 0 Å². The van der Waals surface area contributed by atoms with Gasteiger partial charge in [-0.2, -0.15) is 0 Å². The van der Waals surface area contributed by atoms with Crippen molar-refractivity contribution in [1.82, 2.24) is 4.90 Å². The molecule has 3 aromatic carbocycles. The van der Waals surface area contributed by atoms with E-state index in [4.69, 9.17) is 14.2 Å². The van der Waals surface area contributed by atoms with Crippen LogP contribution in [-0.2, 0) is 16.2 Å². The molecule has 0 spiro atoms. The van der Waals surface area contributed by atoms with Gasteiger partial charge in [0.05, 0.1) is 23.1 Å². The highest BCUT2D eigenvalue weighted by atomic mass is 79.9. The molecule has 39 heavy (non-hydrogen) atoms. The van der Waals surface area contributed by atoms with Crippen LogP contribution in [0.4, 0.5) is 10.5 Å². The third-order valence-corrected chi connectivity index (χ3v) is 7.17. The monoisotopic (exact) mass is 610 g/mol. The first-order valence-corrected chi connectivity index (χ1v) is 13.7. The number of hydrogen-bond donors (Lipinski definition) is 1. The number of aryl methyl sites for hydroxylation is 1. The van der Waals surface area contributed by atoms with Gasteiger partial charge in [-0.3, -0.25) is 19.3 Å². The predicted octanol–water partition coefficient (Wildman–Crippen LogP) is 6.42. The van der Waals surface area contributed by atoms with Crippen LogP contribution in [0.2, 0.25) is 0 Å². The molecule has 3 aromatic rings. The molecule has 8 nitrogen and oxygen atoms in total. The first-order chi connectivity index (χ1) is 18.8. The molecular formula is C29H27BrN2O6S. The molecule has 1 saturated heterocycles. The van der Waals surface area contributed by atoms with Gasteiger partial charge >= 0.3 is 0 Å². The molecule has 1 heterocycles. The SMILES string of the molecule is CCOc1ccc(NC(=O)CN2C(=O)S/C(=C/c3cc(Br)c(OCc4ccc(C)cc4)c(OC)c3)C2=O)cc1. The zero-order valence-electron chi connectivity index (χ0n) is 21.7. The van der Waals surface area contributed by atoms with Crippen LogP contribution in [-0.4, -0.2) is 42.2 Å². The zero-order chi connectivity index (χ0) is 27.9. The number of carbonyl (C=O) groups is 3. The van der Waals surface area contributed by atoms with Gasteiger partial charge < -0.3 is 19.5 Å². The minimum Gasteiger partial charge on any atom is -0.494 e. The fourth-order valence-electron chi connectivity index (χ4n) is 3.74. The molecular weight excluding hydrogens is 584 g/mol. The molecule has 3 amide bonds. The van der Waals surface area contributed by atoms with E-state index in [0.29, 0.717) is 46.2 Å². The maximum absolute atomic E-state index is 13.0. The number of amides is 3. The van der Waals surface area contributed by atoms with Crippen molar-refractivity contribution in [3.05, 3.63) is 86.7 Å². The Kier molecular flexibility index (Phi) is 9.32. The predicted molar refractivity (Wildman–Crippen MR) is 155 cm³/mol. The number of nitrogens with one attached hydrogen (secondary N) is 1. The second-order valence-electron chi connectivity index (χ2n) is 8.58. The number of anilines is 1. The van der Waals surface area contributed by atoms with Gasteiger partial charge in [0.15, 0.2) is 11.5 Å². The summed E-state index contributed by atoms with van der Waals surface area (Å²) >= 11 is 4.30. The topological polar surface area (TPSA) is 94.2 Å². The summed E-state index contributed by atoms with van der Waals surface area (Å²) in [5.41, 5.74) is 3.34. The number of thioether (sulfide) groups is 1. The lowest BCUT2D eigenvalue weighted by molar-refractivity contribution is -0.127. The third-order valence-electron chi connectivity index (χ3n) is 5.68. The quantitative estimate of drug-likeness (QED) is 0.265. The number of rotatable bonds is 10. The van der Waals surface area contributed by atoms with Crippen molar-refractivity contribution in [2.24, 2.45) is 0 Å². The van der Waals surface area contributed by atoms with E-state index in [0.717, 1.165) is 22.2 Å². The number of imide groups is 1. The van der Waals surface area contributed by atoms with Gasteiger partial charge in [-0.1, -0.05) is 29.8 Å². The van der Waals surface area contributed by atoms with E-state index >= 15 is 0 Å². The number of ether oxygens (including phenoxy) is 3. The summed E-state index contributed by atoms with van der Waals surface area (Å²) in [6.07, 6.45) is 1.59. The Morgan fingerprint density at radius 3 is 2.44 bits per heavy atom. The van der Waals surface area contributed by atoms with Crippen LogP contribution >= 0.6 is 27.7 Å². The molecule has 0 saturated carbocycles. The smallest absolute Gasteiger partial charge is 0.294 e. The molecule has 0 atom stereocenters. The van der Waals surface area contributed by atoms with Crippen molar-refractivity contribution in [2.75, 3.05) is 25.6 Å². The fraction of sp³-hybridized carbons (Fsp3) is 0.207. The number of carbonyl (C=O) groups excluding carboxylic acids is 3. The van der Waals surface area contributed by atoms with E-state index in [2.05, 4.69) is 21.2 Å². The number of hydrogen-bond acceptors (Lipinski definition) is 7. The number of nitrogens with zero attached hydrogens (tertiary/aromatic N) is 1. The molecule has 0 unspecified atom stereocenters. The highest BCUT2D eigenvalue weighted by Crippen LogP contribution is 2.39. The minimum absolute atomic E-state index is 0.205. The van der Waals surface area contributed by atoms with Gasteiger partial charge in [0, 0.05) is 5.69 Å². The average Bonchev–Trinajstić information content (AvgIpc) is 3.17. The summed E-state index contributed by atoms with van der Waals surface area (Å²) in [5.74, 6) is 0.649. The van der Waals surface area contributed by atoms with Crippen LogP contribution in [0.3, 0.4) is 0 Å². The molecule has 0 aromatic heterocycles. The average molecular weight is 612 g/mol. The van der Waals surface area contributed by atoms with E-state index in [1.807, 2.05) is 38.1 Å². The van der Waals surface area contributed by atoms with E-state index in [9.17, 15) is 14.4 Å². The van der Waals surface area contributed by atoms with E-state index in [1.54, 1.807) is 42.5 Å².